The molecule has 0 amide bonds. The van der Waals surface area contributed by atoms with Crippen molar-refractivity contribution in [1.82, 2.24) is 15.0 Å². The highest BCUT2D eigenvalue weighted by Gasteiger charge is 2.29. The first-order valence-corrected chi connectivity index (χ1v) is 4.92. The van der Waals surface area contributed by atoms with Crippen LogP contribution in [-0.4, -0.2) is 33.7 Å². The minimum Gasteiger partial charge on any atom is -0.373 e. The molecule has 14 heavy (non-hydrogen) atoms. The monoisotopic (exact) mass is 196 g/mol. The Morgan fingerprint density at radius 3 is 3.14 bits per heavy atom. The van der Waals surface area contributed by atoms with Gasteiger partial charge in [-0.25, -0.2) is 4.68 Å². The normalized spacial score (nSPS) is 26.7. The van der Waals surface area contributed by atoms with E-state index in [2.05, 4.69) is 22.6 Å². The van der Waals surface area contributed by atoms with E-state index in [0.717, 1.165) is 31.8 Å². The number of ether oxygens (including phenoxy) is 1. The van der Waals surface area contributed by atoms with Crippen LogP contribution in [0, 0.1) is 0 Å². The average molecular weight is 196 g/mol. The first-order chi connectivity index (χ1) is 6.70. The van der Waals surface area contributed by atoms with Crippen molar-refractivity contribution in [1.29, 1.82) is 0 Å². The highest BCUT2D eigenvalue weighted by molar-refractivity contribution is 5.31. The summed E-state index contributed by atoms with van der Waals surface area (Å²) < 4.78 is 7.39. The highest BCUT2D eigenvalue weighted by Crippen LogP contribution is 2.25. The van der Waals surface area contributed by atoms with E-state index in [4.69, 9.17) is 4.74 Å². The van der Waals surface area contributed by atoms with Gasteiger partial charge in [0, 0.05) is 20.2 Å². The molecule has 1 saturated heterocycles. The van der Waals surface area contributed by atoms with Gasteiger partial charge in [0.25, 0.3) is 0 Å². The van der Waals surface area contributed by atoms with E-state index in [1.807, 2.05) is 7.05 Å². The number of nitrogens with one attached hydrogen (secondary N) is 1. The first kappa shape index (κ1) is 9.45. The summed E-state index contributed by atoms with van der Waals surface area (Å²) in [7, 11) is 1.87. The van der Waals surface area contributed by atoms with Gasteiger partial charge in [-0.15, -0.1) is 5.10 Å². The second kappa shape index (κ2) is 3.57. The van der Waals surface area contributed by atoms with Crippen LogP contribution < -0.4 is 5.32 Å². The fraction of sp³-hybridized carbons (Fsp3) is 0.778. The standard InChI is InChI=1S/C9H16N4O/c1-9(4-3-5-14-9)7-10-8-6-11-12-13(8)2/h6,10H,3-5,7H2,1-2H3. The van der Waals surface area contributed by atoms with Crippen LogP contribution >= 0.6 is 0 Å². The first-order valence-electron chi connectivity index (χ1n) is 4.92. The molecule has 1 atom stereocenters. The van der Waals surface area contributed by atoms with Crippen molar-refractivity contribution in [2.45, 2.75) is 25.4 Å². The van der Waals surface area contributed by atoms with Crippen LogP contribution in [0.2, 0.25) is 0 Å². The lowest BCUT2D eigenvalue weighted by atomic mass is 10.0. The second-order valence-electron chi connectivity index (χ2n) is 4.00. The molecular weight excluding hydrogens is 180 g/mol. The summed E-state index contributed by atoms with van der Waals surface area (Å²) in [5, 5.41) is 10.9. The van der Waals surface area contributed by atoms with Crippen molar-refractivity contribution in [3.8, 4) is 0 Å². The van der Waals surface area contributed by atoms with Crippen molar-refractivity contribution < 1.29 is 4.74 Å². The number of nitrogens with zero attached hydrogens (tertiary/aromatic N) is 3. The van der Waals surface area contributed by atoms with Crippen LogP contribution in [0.4, 0.5) is 5.82 Å². The molecule has 0 saturated carbocycles. The van der Waals surface area contributed by atoms with Crippen LogP contribution in [0.1, 0.15) is 19.8 Å². The van der Waals surface area contributed by atoms with Gasteiger partial charge in [-0.2, -0.15) is 0 Å². The molecular formula is C9H16N4O. The van der Waals surface area contributed by atoms with Gasteiger partial charge < -0.3 is 10.1 Å². The van der Waals surface area contributed by atoms with Gasteiger partial charge in [0.1, 0.15) is 5.82 Å². The minimum absolute atomic E-state index is 0.0235. The summed E-state index contributed by atoms with van der Waals surface area (Å²) in [6.45, 7) is 3.83. The van der Waals surface area contributed by atoms with Gasteiger partial charge in [0.15, 0.2) is 0 Å². The van der Waals surface area contributed by atoms with Crippen molar-refractivity contribution in [2.24, 2.45) is 7.05 Å². The van der Waals surface area contributed by atoms with Gasteiger partial charge >= 0.3 is 0 Å². The van der Waals surface area contributed by atoms with Gasteiger partial charge in [-0.05, 0) is 19.8 Å². The Hall–Kier alpha value is -1.10. The lowest BCUT2D eigenvalue weighted by molar-refractivity contribution is 0.0314. The number of hydrogen-bond donors (Lipinski definition) is 1. The third-order valence-electron chi connectivity index (χ3n) is 2.66. The molecule has 78 valence electrons. The molecule has 1 aliphatic heterocycles. The zero-order chi connectivity index (χ0) is 10.0. The molecule has 2 rings (SSSR count). The molecule has 2 heterocycles. The maximum Gasteiger partial charge on any atom is 0.144 e. The van der Waals surface area contributed by atoms with Crippen LogP contribution in [0.15, 0.2) is 6.20 Å². The van der Waals surface area contributed by atoms with E-state index in [1.165, 1.54) is 0 Å². The molecule has 1 N–H and O–H groups in total. The number of anilines is 1. The Morgan fingerprint density at radius 2 is 2.57 bits per heavy atom. The zero-order valence-electron chi connectivity index (χ0n) is 8.66. The molecule has 0 aromatic carbocycles. The Morgan fingerprint density at radius 1 is 1.71 bits per heavy atom. The smallest absolute Gasteiger partial charge is 0.144 e. The molecule has 0 radical (unpaired) electrons. The summed E-state index contributed by atoms with van der Waals surface area (Å²) >= 11 is 0. The van der Waals surface area contributed by atoms with Crippen LogP contribution in [0.3, 0.4) is 0 Å². The fourth-order valence-electron chi connectivity index (χ4n) is 1.70. The summed E-state index contributed by atoms with van der Waals surface area (Å²) in [5.41, 5.74) is -0.0235. The molecule has 1 aromatic heterocycles. The van der Waals surface area contributed by atoms with E-state index < -0.39 is 0 Å². The van der Waals surface area contributed by atoms with Crippen LogP contribution in [0.5, 0.6) is 0 Å². The summed E-state index contributed by atoms with van der Waals surface area (Å²) in [5.74, 6) is 0.932. The number of aromatic nitrogens is 3. The Balaban J connectivity index is 1.91. The SMILES string of the molecule is Cn1nncc1NCC1(C)CCCO1. The molecule has 5 nitrogen and oxygen atoms in total. The number of rotatable bonds is 3. The topological polar surface area (TPSA) is 52.0 Å². The predicted octanol–water partition coefficient (Wildman–Crippen LogP) is 0.796. The predicted molar refractivity (Wildman–Crippen MR) is 53.1 cm³/mol. The Kier molecular flexibility index (Phi) is 2.41. The van der Waals surface area contributed by atoms with E-state index in [0.29, 0.717) is 0 Å². The summed E-state index contributed by atoms with van der Waals surface area (Å²) in [4.78, 5) is 0. The van der Waals surface area contributed by atoms with Crippen molar-refractivity contribution in [3.63, 3.8) is 0 Å². The zero-order valence-corrected chi connectivity index (χ0v) is 8.66. The van der Waals surface area contributed by atoms with Gasteiger partial charge in [-0.3, -0.25) is 0 Å². The molecule has 1 unspecified atom stereocenters. The summed E-state index contributed by atoms with van der Waals surface area (Å²) in [6, 6.07) is 0. The van der Waals surface area contributed by atoms with E-state index in [-0.39, 0.29) is 5.60 Å². The van der Waals surface area contributed by atoms with E-state index in [9.17, 15) is 0 Å². The fourth-order valence-corrected chi connectivity index (χ4v) is 1.70. The third kappa shape index (κ3) is 1.87. The van der Waals surface area contributed by atoms with Crippen LogP contribution in [0.25, 0.3) is 0 Å². The molecule has 0 aliphatic carbocycles. The van der Waals surface area contributed by atoms with Gasteiger partial charge in [0.05, 0.1) is 11.8 Å². The molecule has 0 bridgehead atoms. The van der Waals surface area contributed by atoms with Crippen molar-refractivity contribution in [2.75, 3.05) is 18.5 Å². The molecule has 0 spiro atoms. The van der Waals surface area contributed by atoms with Gasteiger partial charge in [0.2, 0.25) is 0 Å². The average Bonchev–Trinajstić information content (AvgIpc) is 2.73. The van der Waals surface area contributed by atoms with Gasteiger partial charge in [-0.1, -0.05) is 5.21 Å². The minimum atomic E-state index is -0.0235. The molecule has 1 aromatic rings. The lowest BCUT2D eigenvalue weighted by Gasteiger charge is -2.23. The highest BCUT2D eigenvalue weighted by atomic mass is 16.5. The van der Waals surface area contributed by atoms with Crippen molar-refractivity contribution in [3.05, 3.63) is 6.20 Å². The van der Waals surface area contributed by atoms with Crippen molar-refractivity contribution >= 4 is 5.82 Å². The lowest BCUT2D eigenvalue weighted by Crippen LogP contribution is -2.33. The largest absolute Gasteiger partial charge is 0.373 e. The number of hydrogen-bond acceptors (Lipinski definition) is 4. The summed E-state index contributed by atoms with van der Waals surface area (Å²) in [6.07, 6.45) is 3.99. The number of aryl methyl sites for hydroxylation is 1. The molecule has 1 fully saturated rings. The molecule has 5 heteroatoms. The quantitative estimate of drug-likeness (QED) is 0.776. The third-order valence-corrected chi connectivity index (χ3v) is 2.66. The Bertz CT molecular complexity index is 304. The maximum atomic E-state index is 5.67. The Labute approximate surface area is 83.4 Å². The second-order valence-corrected chi connectivity index (χ2v) is 4.00. The van der Waals surface area contributed by atoms with E-state index >= 15 is 0 Å². The van der Waals surface area contributed by atoms with Crippen LogP contribution in [-0.2, 0) is 11.8 Å². The maximum absolute atomic E-state index is 5.67. The molecule has 1 aliphatic rings. The van der Waals surface area contributed by atoms with E-state index in [1.54, 1.807) is 10.9 Å².